The fourth-order valence-electron chi connectivity index (χ4n) is 2.39. The molecule has 1 aromatic carbocycles. The van der Waals surface area contributed by atoms with Crippen molar-refractivity contribution in [1.82, 2.24) is 9.80 Å². The van der Waals surface area contributed by atoms with E-state index < -0.39 is 17.6 Å². The molecule has 2 rings (SSSR count). The molecule has 1 N–H and O–H groups in total. The molecule has 0 bridgehead atoms. The zero-order chi connectivity index (χ0) is 18.4. The molecule has 0 aliphatic carbocycles. The molecule has 1 aromatic rings. The summed E-state index contributed by atoms with van der Waals surface area (Å²) in [6.45, 7) is 2.11. The van der Waals surface area contributed by atoms with Gasteiger partial charge in [-0.2, -0.15) is 13.2 Å². The van der Waals surface area contributed by atoms with E-state index in [-0.39, 0.29) is 24.7 Å². The Balaban J connectivity index is 1.79. The van der Waals surface area contributed by atoms with Crippen molar-refractivity contribution in [3.05, 3.63) is 29.8 Å². The van der Waals surface area contributed by atoms with Crippen molar-refractivity contribution < 1.29 is 27.5 Å². The first kappa shape index (κ1) is 19.2. The van der Waals surface area contributed by atoms with Gasteiger partial charge in [0.1, 0.15) is 0 Å². The van der Waals surface area contributed by atoms with E-state index in [9.17, 15) is 22.8 Å². The van der Waals surface area contributed by atoms with E-state index in [1.165, 1.54) is 12.1 Å². The molecule has 138 valence electrons. The minimum absolute atomic E-state index is 0.0445. The molecule has 0 radical (unpaired) electrons. The highest BCUT2D eigenvalue weighted by Gasteiger charge is 2.30. The van der Waals surface area contributed by atoms with E-state index in [1.54, 1.807) is 16.8 Å². The van der Waals surface area contributed by atoms with Gasteiger partial charge in [0.05, 0.1) is 31.9 Å². The second-order valence-corrected chi connectivity index (χ2v) is 5.79. The number of ether oxygens (including phenoxy) is 1. The highest BCUT2D eigenvalue weighted by molar-refractivity contribution is 5.92. The number of halogens is 3. The molecular formula is C16H20F3N3O3. The Morgan fingerprint density at radius 1 is 1.16 bits per heavy atom. The number of likely N-dealkylation sites (N-methyl/N-ethyl adjacent to an activating group) is 1. The van der Waals surface area contributed by atoms with Crippen LogP contribution in [0, 0.1) is 0 Å². The van der Waals surface area contributed by atoms with E-state index in [1.807, 2.05) is 0 Å². The monoisotopic (exact) mass is 359 g/mol. The predicted octanol–water partition coefficient (Wildman–Crippen LogP) is 1.43. The van der Waals surface area contributed by atoms with Gasteiger partial charge in [-0.3, -0.25) is 14.5 Å². The highest BCUT2D eigenvalue weighted by atomic mass is 19.4. The molecule has 2 amide bonds. The Morgan fingerprint density at radius 3 is 2.32 bits per heavy atom. The summed E-state index contributed by atoms with van der Waals surface area (Å²) in [4.78, 5) is 27.2. The molecule has 1 aliphatic rings. The first-order chi connectivity index (χ1) is 11.8. The predicted molar refractivity (Wildman–Crippen MR) is 85.0 cm³/mol. The first-order valence-electron chi connectivity index (χ1n) is 7.77. The van der Waals surface area contributed by atoms with Crippen LogP contribution < -0.4 is 5.32 Å². The molecule has 0 atom stereocenters. The third-order valence-electron chi connectivity index (χ3n) is 3.68. The summed E-state index contributed by atoms with van der Waals surface area (Å²) in [7, 11) is 1.63. The van der Waals surface area contributed by atoms with Gasteiger partial charge in [0.2, 0.25) is 11.8 Å². The first-order valence-corrected chi connectivity index (χ1v) is 7.77. The molecule has 0 saturated carbocycles. The van der Waals surface area contributed by atoms with E-state index in [2.05, 4.69) is 5.32 Å². The molecule has 0 aromatic heterocycles. The number of nitrogens with zero attached hydrogens (tertiary/aromatic N) is 2. The van der Waals surface area contributed by atoms with Gasteiger partial charge < -0.3 is 15.0 Å². The van der Waals surface area contributed by atoms with E-state index in [4.69, 9.17) is 4.74 Å². The van der Waals surface area contributed by atoms with Gasteiger partial charge in [0, 0.05) is 18.8 Å². The average Bonchev–Trinajstić information content (AvgIpc) is 2.55. The highest BCUT2D eigenvalue weighted by Crippen LogP contribution is 2.29. The van der Waals surface area contributed by atoms with Crippen LogP contribution in [0.5, 0.6) is 0 Å². The van der Waals surface area contributed by atoms with Crippen molar-refractivity contribution in [3.63, 3.8) is 0 Å². The number of hydrogen-bond acceptors (Lipinski definition) is 4. The maximum absolute atomic E-state index is 12.5. The van der Waals surface area contributed by atoms with Gasteiger partial charge in [-0.05, 0) is 31.3 Å². The van der Waals surface area contributed by atoms with Crippen LogP contribution in [0.4, 0.5) is 18.9 Å². The minimum Gasteiger partial charge on any atom is -0.378 e. The Bertz CT molecular complexity index is 599. The van der Waals surface area contributed by atoms with Crippen LogP contribution in [0.3, 0.4) is 0 Å². The average molecular weight is 359 g/mol. The Kier molecular flexibility index (Phi) is 6.38. The number of carbonyl (C=O) groups is 2. The maximum Gasteiger partial charge on any atom is 0.416 e. The van der Waals surface area contributed by atoms with Crippen molar-refractivity contribution in [2.75, 3.05) is 51.8 Å². The molecule has 0 unspecified atom stereocenters. The quantitative estimate of drug-likeness (QED) is 0.864. The maximum atomic E-state index is 12.5. The Hall–Kier alpha value is -2.13. The number of anilines is 1. The number of nitrogens with one attached hydrogen (secondary N) is 1. The summed E-state index contributed by atoms with van der Waals surface area (Å²) in [6.07, 6.45) is -4.41. The van der Waals surface area contributed by atoms with Gasteiger partial charge in [-0.25, -0.2) is 0 Å². The largest absolute Gasteiger partial charge is 0.416 e. The van der Waals surface area contributed by atoms with Gasteiger partial charge in [0.25, 0.3) is 0 Å². The normalized spacial score (nSPS) is 15.3. The molecule has 1 saturated heterocycles. The summed E-state index contributed by atoms with van der Waals surface area (Å²) in [6, 6.07) is 4.20. The van der Waals surface area contributed by atoms with Gasteiger partial charge in [-0.15, -0.1) is 0 Å². The zero-order valence-corrected chi connectivity index (χ0v) is 13.8. The Labute approximate surface area is 143 Å². The van der Waals surface area contributed by atoms with Gasteiger partial charge >= 0.3 is 6.18 Å². The van der Waals surface area contributed by atoms with Crippen LogP contribution in [0.2, 0.25) is 0 Å². The number of carbonyl (C=O) groups excluding carboxylic acids is 2. The van der Waals surface area contributed by atoms with Crippen molar-refractivity contribution in [3.8, 4) is 0 Å². The molecule has 1 heterocycles. The fraction of sp³-hybridized carbons (Fsp3) is 0.500. The van der Waals surface area contributed by atoms with Crippen LogP contribution in [-0.2, 0) is 20.5 Å². The lowest BCUT2D eigenvalue weighted by Gasteiger charge is -2.28. The van der Waals surface area contributed by atoms with Crippen molar-refractivity contribution in [2.24, 2.45) is 0 Å². The SMILES string of the molecule is CN(CC(=O)Nc1ccc(C(F)(F)F)cc1)CC(=O)N1CCOCC1. The topological polar surface area (TPSA) is 61.9 Å². The number of benzene rings is 1. The van der Waals surface area contributed by atoms with Crippen molar-refractivity contribution in [1.29, 1.82) is 0 Å². The van der Waals surface area contributed by atoms with Gasteiger partial charge in [0.15, 0.2) is 0 Å². The summed E-state index contributed by atoms with van der Waals surface area (Å²) in [5.74, 6) is -0.495. The standard InChI is InChI=1S/C16H20F3N3O3/c1-21(11-15(24)22-6-8-25-9-7-22)10-14(23)20-13-4-2-12(3-5-13)16(17,18)19/h2-5H,6-11H2,1H3,(H,20,23). The van der Waals surface area contributed by atoms with Crippen LogP contribution in [0.15, 0.2) is 24.3 Å². The number of alkyl halides is 3. The summed E-state index contributed by atoms with van der Waals surface area (Å²) in [5.41, 5.74) is -0.510. The lowest BCUT2D eigenvalue weighted by Crippen LogP contribution is -2.46. The van der Waals surface area contributed by atoms with Crippen molar-refractivity contribution in [2.45, 2.75) is 6.18 Å². The number of morpholine rings is 1. The number of hydrogen-bond donors (Lipinski definition) is 1. The summed E-state index contributed by atoms with van der Waals surface area (Å²) in [5, 5.41) is 2.51. The third-order valence-corrected chi connectivity index (χ3v) is 3.68. The number of rotatable bonds is 5. The third kappa shape index (κ3) is 6.02. The van der Waals surface area contributed by atoms with Crippen LogP contribution >= 0.6 is 0 Å². The zero-order valence-electron chi connectivity index (χ0n) is 13.8. The van der Waals surface area contributed by atoms with E-state index in [0.29, 0.717) is 26.3 Å². The van der Waals surface area contributed by atoms with E-state index in [0.717, 1.165) is 12.1 Å². The Morgan fingerprint density at radius 2 is 1.76 bits per heavy atom. The molecule has 1 aliphatic heterocycles. The van der Waals surface area contributed by atoms with Crippen molar-refractivity contribution >= 4 is 17.5 Å². The fourth-order valence-corrected chi connectivity index (χ4v) is 2.39. The second-order valence-electron chi connectivity index (χ2n) is 5.79. The molecule has 0 spiro atoms. The lowest BCUT2D eigenvalue weighted by atomic mass is 10.2. The molecular weight excluding hydrogens is 339 g/mol. The molecule has 9 heteroatoms. The minimum atomic E-state index is -4.41. The molecule has 25 heavy (non-hydrogen) atoms. The van der Waals surface area contributed by atoms with Crippen LogP contribution in [0.25, 0.3) is 0 Å². The smallest absolute Gasteiger partial charge is 0.378 e. The van der Waals surface area contributed by atoms with Crippen LogP contribution in [0.1, 0.15) is 5.56 Å². The molecule has 1 fully saturated rings. The van der Waals surface area contributed by atoms with Gasteiger partial charge in [-0.1, -0.05) is 0 Å². The lowest BCUT2D eigenvalue weighted by molar-refractivity contribution is -0.138. The number of amides is 2. The van der Waals surface area contributed by atoms with E-state index >= 15 is 0 Å². The van der Waals surface area contributed by atoms with Crippen LogP contribution in [-0.4, -0.2) is 68.1 Å². The summed E-state index contributed by atoms with van der Waals surface area (Å²) < 4.78 is 42.6. The molecule has 6 nitrogen and oxygen atoms in total. The summed E-state index contributed by atoms with van der Waals surface area (Å²) >= 11 is 0. The second kappa shape index (κ2) is 8.30.